The summed E-state index contributed by atoms with van der Waals surface area (Å²) >= 11 is 0. The fourth-order valence-corrected chi connectivity index (χ4v) is 1.24. The van der Waals surface area contributed by atoms with Crippen molar-refractivity contribution in [2.24, 2.45) is 0 Å². The predicted octanol–water partition coefficient (Wildman–Crippen LogP) is 0.465. The van der Waals surface area contributed by atoms with Crippen LogP contribution in [0.3, 0.4) is 0 Å². The normalized spacial score (nSPS) is 10.0. The van der Waals surface area contributed by atoms with Crippen LogP contribution in [-0.4, -0.2) is 41.1 Å². The zero-order valence-corrected chi connectivity index (χ0v) is 8.89. The number of rotatable bonds is 5. The number of aliphatic hydroxyl groups excluding tert-OH is 1. The lowest BCUT2D eigenvalue weighted by Crippen LogP contribution is -2.29. The minimum atomic E-state index is -0.0905. The zero-order valence-electron chi connectivity index (χ0n) is 8.89. The van der Waals surface area contributed by atoms with Gasteiger partial charge in [0.05, 0.1) is 6.61 Å². The summed E-state index contributed by atoms with van der Waals surface area (Å²) in [5, 5.41) is 8.61. The molecule has 0 radical (unpaired) electrons. The van der Waals surface area contributed by atoms with Gasteiger partial charge in [0.1, 0.15) is 0 Å². The minimum absolute atomic E-state index is 0.0339. The molecule has 15 heavy (non-hydrogen) atoms. The van der Waals surface area contributed by atoms with Crippen molar-refractivity contribution >= 4 is 5.91 Å². The van der Waals surface area contributed by atoms with E-state index in [9.17, 15) is 4.79 Å². The van der Waals surface area contributed by atoms with Gasteiger partial charge in [-0.2, -0.15) is 0 Å². The topological polar surface area (TPSA) is 53.4 Å². The van der Waals surface area contributed by atoms with Gasteiger partial charge < -0.3 is 10.0 Å². The molecule has 0 aliphatic rings. The smallest absolute Gasteiger partial charge is 0.224 e. The van der Waals surface area contributed by atoms with Crippen LogP contribution < -0.4 is 0 Å². The Morgan fingerprint density at radius 1 is 1.53 bits per heavy atom. The van der Waals surface area contributed by atoms with Gasteiger partial charge in [-0.25, -0.2) is 0 Å². The van der Waals surface area contributed by atoms with Crippen molar-refractivity contribution in [3.63, 3.8) is 0 Å². The zero-order chi connectivity index (χ0) is 11.1. The van der Waals surface area contributed by atoms with Crippen molar-refractivity contribution in [1.29, 1.82) is 0 Å². The van der Waals surface area contributed by atoms with Gasteiger partial charge in [-0.15, -0.1) is 0 Å². The van der Waals surface area contributed by atoms with Gasteiger partial charge in [0.2, 0.25) is 5.91 Å². The molecule has 82 valence electrons. The van der Waals surface area contributed by atoms with E-state index in [-0.39, 0.29) is 18.9 Å². The van der Waals surface area contributed by atoms with Crippen molar-refractivity contribution in [2.75, 3.05) is 20.2 Å². The first-order chi connectivity index (χ1) is 7.24. The van der Waals surface area contributed by atoms with Crippen molar-refractivity contribution in [3.05, 3.63) is 30.1 Å². The van der Waals surface area contributed by atoms with Gasteiger partial charge in [0, 0.05) is 38.3 Å². The first-order valence-corrected chi connectivity index (χ1v) is 4.98. The summed E-state index contributed by atoms with van der Waals surface area (Å²) in [6.45, 7) is 0.544. The number of pyridine rings is 1. The summed E-state index contributed by atoms with van der Waals surface area (Å²) in [5.74, 6) is -0.0339. The van der Waals surface area contributed by atoms with Gasteiger partial charge >= 0.3 is 0 Å². The van der Waals surface area contributed by atoms with E-state index in [1.165, 1.54) is 0 Å². The third kappa shape index (κ3) is 4.08. The van der Waals surface area contributed by atoms with Gasteiger partial charge in [0.25, 0.3) is 0 Å². The minimum Gasteiger partial charge on any atom is -0.396 e. The molecule has 0 unspecified atom stereocenters. The van der Waals surface area contributed by atoms with Crippen LogP contribution in [0, 0.1) is 0 Å². The molecule has 0 saturated carbocycles. The number of carbonyl (C=O) groups is 1. The monoisotopic (exact) mass is 208 g/mol. The molecule has 1 aromatic heterocycles. The van der Waals surface area contributed by atoms with Crippen molar-refractivity contribution in [1.82, 2.24) is 9.88 Å². The lowest BCUT2D eigenvalue weighted by molar-refractivity contribution is -0.130. The lowest BCUT2D eigenvalue weighted by atomic mass is 10.2. The average molecular weight is 208 g/mol. The molecule has 0 atom stereocenters. The summed E-state index contributed by atoms with van der Waals surface area (Å²) in [7, 11) is 1.74. The molecule has 0 spiro atoms. The predicted molar refractivity (Wildman–Crippen MR) is 57.3 cm³/mol. The van der Waals surface area contributed by atoms with Crippen molar-refractivity contribution < 1.29 is 9.90 Å². The van der Waals surface area contributed by atoms with Crippen LogP contribution in [-0.2, 0) is 11.2 Å². The van der Waals surface area contributed by atoms with Crippen LogP contribution in [0.15, 0.2) is 24.4 Å². The maximum Gasteiger partial charge on any atom is 0.224 e. The molecule has 0 aliphatic carbocycles. The number of nitrogens with zero attached hydrogens (tertiary/aromatic N) is 2. The first-order valence-electron chi connectivity index (χ1n) is 4.98. The molecule has 4 heteroatoms. The van der Waals surface area contributed by atoms with Crippen LogP contribution in [0.1, 0.15) is 12.1 Å². The second kappa shape index (κ2) is 6.14. The Labute approximate surface area is 89.6 Å². The molecule has 0 aliphatic heterocycles. The highest BCUT2D eigenvalue weighted by molar-refractivity contribution is 5.75. The molecule has 4 nitrogen and oxygen atoms in total. The Morgan fingerprint density at radius 2 is 2.33 bits per heavy atom. The summed E-state index contributed by atoms with van der Waals surface area (Å²) in [5.41, 5.74) is 0.973. The number of aromatic nitrogens is 1. The molecular formula is C11H16N2O2. The first kappa shape index (κ1) is 11.7. The number of hydrogen-bond acceptors (Lipinski definition) is 3. The maximum absolute atomic E-state index is 11.3. The Balaban J connectivity index is 2.34. The van der Waals surface area contributed by atoms with E-state index < -0.39 is 0 Å². The lowest BCUT2D eigenvalue weighted by Gasteiger charge is -2.16. The molecule has 0 aromatic carbocycles. The van der Waals surface area contributed by atoms with E-state index in [1.54, 1.807) is 18.1 Å². The van der Waals surface area contributed by atoms with Gasteiger partial charge in [-0.3, -0.25) is 9.78 Å². The van der Waals surface area contributed by atoms with Gasteiger partial charge in [0.15, 0.2) is 0 Å². The Kier molecular flexibility index (Phi) is 4.77. The molecule has 1 amide bonds. The molecule has 1 rings (SSSR count). The molecule has 1 aromatic rings. The summed E-state index contributed by atoms with van der Waals surface area (Å²) in [4.78, 5) is 17.1. The highest BCUT2D eigenvalue weighted by atomic mass is 16.3. The van der Waals surface area contributed by atoms with Crippen molar-refractivity contribution in [3.8, 4) is 0 Å². The fraction of sp³-hybridized carbons (Fsp3) is 0.455. The Hall–Kier alpha value is -1.42. The van der Waals surface area contributed by atoms with Crippen molar-refractivity contribution in [2.45, 2.75) is 12.8 Å². The molecule has 0 bridgehead atoms. The molecule has 1 heterocycles. The fourth-order valence-electron chi connectivity index (χ4n) is 1.24. The number of hydrogen-bond donors (Lipinski definition) is 1. The quantitative estimate of drug-likeness (QED) is 0.765. The Bertz CT molecular complexity index is 301. The third-order valence-corrected chi connectivity index (χ3v) is 2.18. The summed E-state index contributed by atoms with van der Waals surface area (Å²) in [6.07, 6.45) is 2.68. The summed E-state index contributed by atoms with van der Waals surface area (Å²) in [6, 6.07) is 5.73. The average Bonchev–Trinajstić information content (AvgIpc) is 2.27. The number of carbonyl (C=O) groups excluding carboxylic acids is 1. The number of aliphatic hydroxyl groups is 1. The molecule has 0 saturated heterocycles. The second-order valence-corrected chi connectivity index (χ2v) is 3.36. The standard InChI is InChI=1S/C11H16N2O2/c1-13(11(15)6-9-14)8-5-10-4-2-3-7-12-10/h2-4,7,14H,5-6,8-9H2,1H3. The summed E-state index contributed by atoms with van der Waals surface area (Å²) < 4.78 is 0. The molecule has 0 fully saturated rings. The van der Waals surface area contributed by atoms with Gasteiger partial charge in [-0.1, -0.05) is 6.07 Å². The van der Waals surface area contributed by atoms with Crippen LogP contribution in [0.2, 0.25) is 0 Å². The highest BCUT2D eigenvalue weighted by Gasteiger charge is 2.07. The highest BCUT2D eigenvalue weighted by Crippen LogP contribution is 1.97. The number of amides is 1. The third-order valence-electron chi connectivity index (χ3n) is 2.18. The second-order valence-electron chi connectivity index (χ2n) is 3.36. The van der Waals surface area contributed by atoms with Crippen LogP contribution in [0.5, 0.6) is 0 Å². The van der Waals surface area contributed by atoms with Crippen LogP contribution >= 0.6 is 0 Å². The largest absolute Gasteiger partial charge is 0.396 e. The van der Waals surface area contributed by atoms with Crippen LogP contribution in [0.4, 0.5) is 0 Å². The van der Waals surface area contributed by atoms with E-state index in [4.69, 9.17) is 5.11 Å². The van der Waals surface area contributed by atoms with E-state index in [0.717, 1.165) is 12.1 Å². The van der Waals surface area contributed by atoms with E-state index in [0.29, 0.717) is 6.54 Å². The van der Waals surface area contributed by atoms with Gasteiger partial charge in [-0.05, 0) is 12.1 Å². The maximum atomic E-state index is 11.3. The van der Waals surface area contributed by atoms with E-state index in [1.807, 2.05) is 18.2 Å². The van der Waals surface area contributed by atoms with E-state index in [2.05, 4.69) is 4.98 Å². The Morgan fingerprint density at radius 3 is 2.93 bits per heavy atom. The molecule has 1 N–H and O–H groups in total. The van der Waals surface area contributed by atoms with E-state index >= 15 is 0 Å². The SMILES string of the molecule is CN(CCc1ccccn1)C(=O)CCO. The van der Waals surface area contributed by atoms with Crippen LogP contribution in [0.25, 0.3) is 0 Å². The number of likely N-dealkylation sites (N-methyl/N-ethyl adjacent to an activating group) is 1. The molecular weight excluding hydrogens is 192 g/mol.